The lowest BCUT2D eigenvalue weighted by Gasteiger charge is -2.08. The van der Waals surface area contributed by atoms with Gasteiger partial charge in [0, 0.05) is 0 Å². The molecule has 2 rings (SSSR count). The van der Waals surface area contributed by atoms with Crippen molar-refractivity contribution in [3.05, 3.63) is 51.7 Å². The molecule has 1 heterocycles. The monoisotopic (exact) mass is 218 g/mol. The largest absolute Gasteiger partial charge is 0.489 e. The number of ether oxygens (including phenoxy) is 1. The van der Waals surface area contributed by atoms with E-state index in [4.69, 9.17) is 4.74 Å². The van der Waals surface area contributed by atoms with Crippen molar-refractivity contribution >= 4 is 11.3 Å². The Bertz CT molecular complexity index is 432. The third-order valence-corrected chi connectivity index (χ3v) is 3.04. The lowest BCUT2D eigenvalue weighted by molar-refractivity contribution is 0.304. The number of aryl methyl sites for hydroxylation is 2. The highest BCUT2D eigenvalue weighted by Crippen LogP contribution is 2.20. The highest BCUT2D eigenvalue weighted by atomic mass is 32.1. The molecule has 2 aromatic rings. The molecule has 0 fully saturated rings. The van der Waals surface area contributed by atoms with Gasteiger partial charge < -0.3 is 4.74 Å². The normalized spacial score (nSPS) is 10.3. The Labute approximate surface area is 94.3 Å². The van der Waals surface area contributed by atoms with Crippen LogP contribution in [0.25, 0.3) is 0 Å². The summed E-state index contributed by atoms with van der Waals surface area (Å²) in [7, 11) is 0. The highest BCUT2D eigenvalue weighted by molar-refractivity contribution is 7.07. The van der Waals surface area contributed by atoms with Crippen LogP contribution in [0.3, 0.4) is 0 Å². The summed E-state index contributed by atoms with van der Waals surface area (Å²) in [5.41, 5.74) is 3.71. The summed E-state index contributed by atoms with van der Waals surface area (Å²) in [5, 5.41) is 4.18. The fraction of sp³-hybridized carbons (Fsp3) is 0.231. The van der Waals surface area contributed by atoms with Gasteiger partial charge in [0.1, 0.15) is 12.4 Å². The van der Waals surface area contributed by atoms with Crippen LogP contribution in [-0.4, -0.2) is 0 Å². The first-order chi connectivity index (χ1) is 7.25. The van der Waals surface area contributed by atoms with Crippen molar-refractivity contribution in [2.45, 2.75) is 20.5 Å². The molecule has 1 nitrogen and oxygen atoms in total. The summed E-state index contributed by atoms with van der Waals surface area (Å²) in [6, 6.07) is 8.35. The van der Waals surface area contributed by atoms with E-state index in [2.05, 4.69) is 42.8 Å². The molecule has 15 heavy (non-hydrogen) atoms. The first kappa shape index (κ1) is 10.2. The van der Waals surface area contributed by atoms with Gasteiger partial charge in [0.2, 0.25) is 0 Å². The highest BCUT2D eigenvalue weighted by Gasteiger charge is 2.00. The average molecular weight is 218 g/mol. The SMILES string of the molecule is Cc1ccc(OCc2ccsc2)c(C)c1. The van der Waals surface area contributed by atoms with Gasteiger partial charge in [0.25, 0.3) is 0 Å². The van der Waals surface area contributed by atoms with Gasteiger partial charge in [0.15, 0.2) is 0 Å². The maximum atomic E-state index is 5.74. The lowest BCUT2D eigenvalue weighted by atomic mass is 10.1. The van der Waals surface area contributed by atoms with Crippen LogP contribution >= 0.6 is 11.3 Å². The Morgan fingerprint density at radius 1 is 1.20 bits per heavy atom. The van der Waals surface area contributed by atoms with Crippen LogP contribution in [0.4, 0.5) is 0 Å². The second-order valence-corrected chi connectivity index (χ2v) is 4.47. The van der Waals surface area contributed by atoms with E-state index >= 15 is 0 Å². The Hall–Kier alpha value is -1.28. The van der Waals surface area contributed by atoms with Gasteiger partial charge in [-0.15, -0.1) is 0 Å². The van der Waals surface area contributed by atoms with Crippen LogP contribution in [0.5, 0.6) is 5.75 Å². The van der Waals surface area contributed by atoms with E-state index in [0.717, 1.165) is 5.75 Å². The van der Waals surface area contributed by atoms with E-state index in [-0.39, 0.29) is 0 Å². The number of rotatable bonds is 3. The molecule has 0 spiro atoms. The predicted molar refractivity (Wildman–Crippen MR) is 64.6 cm³/mol. The van der Waals surface area contributed by atoms with Crippen LogP contribution in [0, 0.1) is 13.8 Å². The Balaban J connectivity index is 2.05. The van der Waals surface area contributed by atoms with Gasteiger partial charge in [0.05, 0.1) is 0 Å². The first-order valence-electron chi connectivity index (χ1n) is 4.97. The summed E-state index contributed by atoms with van der Waals surface area (Å²) in [6.45, 7) is 4.83. The molecule has 0 amide bonds. The molecule has 78 valence electrons. The standard InChI is InChI=1S/C13H14OS/c1-10-3-4-13(11(2)7-10)14-8-12-5-6-15-9-12/h3-7,9H,8H2,1-2H3. The van der Waals surface area contributed by atoms with Gasteiger partial charge >= 0.3 is 0 Å². The molecule has 0 atom stereocenters. The van der Waals surface area contributed by atoms with Crippen LogP contribution in [0.2, 0.25) is 0 Å². The number of hydrogen-bond acceptors (Lipinski definition) is 2. The van der Waals surface area contributed by atoms with Gasteiger partial charge in [-0.2, -0.15) is 11.3 Å². The van der Waals surface area contributed by atoms with E-state index in [1.807, 2.05) is 6.07 Å². The summed E-state index contributed by atoms with van der Waals surface area (Å²) < 4.78 is 5.74. The topological polar surface area (TPSA) is 9.23 Å². The van der Waals surface area contributed by atoms with E-state index in [0.29, 0.717) is 6.61 Å². The first-order valence-corrected chi connectivity index (χ1v) is 5.91. The van der Waals surface area contributed by atoms with Gasteiger partial charge in [-0.25, -0.2) is 0 Å². The van der Waals surface area contributed by atoms with Crippen molar-refractivity contribution in [2.75, 3.05) is 0 Å². The van der Waals surface area contributed by atoms with E-state index < -0.39 is 0 Å². The second-order valence-electron chi connectivity index (χ2n) is 3.69. The van der Waals surface area contributed by atoms with Crippen molar-refractivity contribution in [1.82, 2.24) is 0 Å². The van der Waals surface area contributed by atoms with Crippen molar-refractivity contribution in [3.63, 3.8) is 0 Å². The fourth-order valence-electron chi connectivity index (χ4n) is 1.50. The maximum Gasteiger partial charge on any atom is 0.122 e. The third kappa shape index (κ3) is 2.60. The molecule has 1 aromatic carbocycles. The quantitative estimate of drug-likeness (QED) is 0.758. The second kappa shape index (κ2) is 4.49. The van der Waals surface area contributed by atoms with Crippen molar-refractivity contribution < 1.29 is 4.74 Å². The van der Waals surface area contributed by atoms with Crippen LogP contribution in [0.15, 0.2) is 35.0 Å². The van der Waals surface area contributed by atoms with E-state index in [1.165, 1.54) is 16.7 Å². The Morgan fingerprint density at radius 3 is 2.73 bits per heavy atom. The molecule has 0 unspecified atom stereocenters. The zero-order valence-electron chi connectivity index (χ0n) is 8.99. The smallest absolute Gasteiger partial charge is 0.122 e. The summed E-state index contributed by atoms with van der Waals surface area (Å²) in [4.78, 5) is 0. The molecule has 2 heteroatoms. The number of benzene rings is 1. The average Bonchev–Trinajstić information content (AvgIpc) is 2.69. The predicted octanol–water partition coefficient (Wildman–Crippen LogP) is 3.94. The van der Waals surface area contributed by atoms with Crippen molar-refractivity contribution in [3.8, 4) is 5.75 Å². The zero-order valence-corrected chi connectivity index (χ0v) is 9.80. The van der Waals surface area contributed by atoms with E-state index in [1.54, 1.807) is 11.3 Å². The van der Waals surface area contributed by atoms with E-state index in [9.17, 15) is 0 Å². The molecule has 0 saturated heterocycles. The third-order valence-electron chi connectivity index (χ3n) is 2.30. The molecule has 0 bridgehead atoms. The molecule has 0 N–H and O–H groups in total. The summed E-state index contributed by atoms with van der Waals surface area (Å²) in [6.07, 6.45) is 0. The molecule has 0 aliphatic rings. The lowest BCUT2D eigenvalue weighted by Crippen LogP contribution is -1.95. The molecule has 0 saturated carbocycles. The minimum atomic E-state index is 0.660. The molecule has 0 radical (unpaired) electrons. The minimum Gasteiger partial charge on any atom is -0.489 e. The Kier molecular flexibility index (Phi) is 3.07. The number of hydrogen-bond donors (Lipinski definition) is 0. The zero-order chi connectivity index (χ0) is 10.7. The molecule has 0 aliphatic carbocycles. The molecular weight excluding hydrogens is 204 g/mol. The Morgan fingerprint density at radius 2 is 2.07 bits per heavy atom. The summed E-state index contributed by atoms with van der Waals surface area (Å²) >= 11 is 1.70. The van der Waals surface area contributed by atoms with Crippen LogP contribution in [0.1, 0.15) is 16.7 Å². The van der Waals surface area contributed by atoms with Crippen molar-refractivity contribution in [1.29, 1.82) is 0 Å². The van der Waals surface area contributed by atoms with Crippen molar-refractivity contribution in [2.24, 2.45) is 0 Å². The molecule has 0 aliphatic heterocycles. The van der Waals surface area contributed by atoms with Gasteiger partial charge in [-0.3, -0.25) is 0 Å². The van der Waals surface area contributed by atoms with Crippen LogP contribution < -0.4 is 4.74 Å². The minimum absolute atomic E-state index is 0.660. The fourth-order valence-corrected chi connectivity index (χ4v) is 2.15. The van der Waals surface area contributed by atoms with Crippen LogP contribution in [-0.2, 0) is 6.61 Å². The van der Waals surface area contributed by atoms with Gasteiger partial charge in [-0.1, -0.05) is 17.7 Å². The maximum absolute atomic E-state index is 5.74. The summed E-state index contributed by atoms with van der Waals surface area (Å²) in [5.74, 6) is 0.979. The van der Waals surface area contributed by atoms with Gasteiger partial charge in [-0.05, 0) is 47.9 Å². The number of thiophene rings is 1. The molecule has 1 aromatic heterocycles. The molecular formula is C13H14OS.